The number of phosphoric acid groups is 1. The van der Waals surface area contributed by atoms with Crippen LogP contribution >= 0.6 is 7.82 Å². The molecule has 0 rings (SSSR count). The Balaban J connectivity index is 3.67. The molecule has 0 aliphatic carbocycles. The van der Waals surface area contributed by atoms with Crippen molar-refractivity contribution in [1.29, 1.82) is 0 Å². The Morgan fingerprint density at radius 3 is 0.914 bits per heavy atom. The molecule has 0 aromatic heterocycles. The van der Waals surface area contributed by atoms with E-state index in [1.807, 2.05) is 21.1 Å². The molecule has 2 unspecified atom stereocenters. The van der Waals surface area contributed by atoms with Crippen molar-refractivity contribution in [2.24, 2.45) is 0 Å². The van der Waals surface area contributed by atoms with Gasteiger partial charge in [0.05, 0.1) is 27.7 Å². The van der Waals surface area contributed by atoms with Crippen molar-refractivity contribution in [1.82, 2.24) is 0 Å². The van der Waals surface area contributed by atoms with E-state index >= 15 is 0 Å². The van der Waals surface area contributed by atoms with Gasteiger partial charge in [0, 0.05) is 12.8 Å². The van der Waals surface area contributed by atoms with E-state index in [9.17, 15) is 19.0 Å². The van der Waals surface area contributed by atoms with E-state index in [1.165, 1.54) is 257 Å². The molecular weight excluding hydrogens is 894 g/mol. The molecule has 0 spiro atoms. The lowest BCUT2D eigenvalue weighted by Crippen LogP contribution is -2.37. The molecule has 0 bridgehead atoms. The van der Waals surface area contributed by atoms with Gasteiger partial charge in [0.25, 0.3) is 0 Å². The van der Waals surface area contributed by atoms with Gasteiger partial charge in [-0.15, -0.1) is 0 Å². The van der Waals surface area contributed by atoms with Gasteiger partial charge in [-0.2, -0.15) is 0 Å². The Morgan fingerprint density at radius 1 is 0.386 bits per heavy atom. The Morgan fingerprint density at radius 2 is 0.643 bits per heavy atom. The van der Waals surface area contributed by atoms with Gasteiger partial charge in [0.1, 0.15) is 19.8 Å². The van der Waals surface area contributed by atoms with Crippen molar-refractivity contribution in [2.75, 3.05) is 47.5 Å². The molecule has 418 valence electrons. The second-order valence-electron chi connectivity index (χ2n) is 22.5. The lowest BCUT2D eigenvalue weighted by Gasteiger charge is -2.24. The first-order valence-electron chi connectivity index (χ1n) is 30.8. The molecule has 0 aliphatic heterocycles. The Kier molecular flexibility index (Phi) is 52.1. The zero-order valence-corrected chi connectivity index (χ0v) is 48.4. The summed E-state index contributed by atoms with van der Waals surface area (Å²) >= 11 is 0. The third-order valence-corrected chi connectivity index (χ3v) is 15.1. The highest BCUT2D eigenvalue weighted by molar-refractivity contribution is 7.47. The zero-order valence-electron chi connectivity index (χ0n) is 47.5. The van der Waals surface area contributed by atoms with Crippen molar-refractivity contribution in [2.45, 2.75) is 328 Å². The highest BCUT2D eigenvalue weighted by Crippen LogP contribution is 2.43. The minimum atomic E-state index is -4.36. The maximum Gasteiger partial charge on any atom is 0.472 e. The van der Waals surface area contributed by atoms with Crippen LogP contribution in [0.25, 0.3) is 0 Å². The summed E-state index contributed by atoms with van der Waals surface area (Å²) in [6.45, 7) is 4.41. The molecule has 0 aromatic carbocycles. The Hall–Kier alpha value is -0.990. The number of nitrogens with zero attached hydrogens (tertiary/aromatic N) is 1. The number of phosphoric ester groups is 1. The fraction of sp³-hybridized carbons (Fsp3) is 0.967. The van der Waals surface area contributed by atoms with E-state index in [2.05, 4.69) is 13.8 Å². The summed E-state index contributed by atoms with van der Waals surface area (Å²) in [5.74, 6) is -0.791. The topological polar surface area (TPSA) is 108 Å². The fourth-order valence-electron chi connectivity index (χ4n) is 9.37. The molecule has 2 atom stereocenters. The Labute approximate surface area is 435 Å². The first kappa shape index (κ1) is 69.0. The zero-order chi connectivity index (χ0) is 51.3. The molecule has 0 saturated heterocycles. The predicted molar refractivity (Wildman–Crippen MR) is 298 cm³/mol. The lowest BCUT2D eigenvalue weighted by molar-refractivity contribution is -0.870. The summed E-state index contributed by atoms with van der Waals surface area (Å²) in [4.78, 5) is 35.3. The second-order valence-corrected chi connectivity index (χ2v) is 23.9. The maximum atomic E-state index is 12.7. The standard InChI is InChI=1S/C60H120NO8P/c1-6-8-10-12-14-15-16-17-18-19-20-21-22-23-24-25-26-27-28-29-30-31-32-33-34-35-36-37-38-39-40-41-42-43-44-45-46-47-49-51-53-60(63)69-58(56-66-59(62)52-50-48-13-11-9-7-2)57-68-70(64,65)67-55-54-61(3,4)5/h58H,6-57H2,1-5H3/p+1. The van der Waals surface area contributed by atoms with Crippen LogP contribution < -0.4 is 0 Å². The molecule has 10 heteroatoms. The molecule has 9 nitrogen and oxygen atoms in total. The van der Waals surface area contributed by atoms with Crippen LogP contribution in [-0.4, -0.2) is 74.9 Å². The molecule has 0 fully saturated rings. The average molecular weight is 1020 g/mol. The number of rotatable bonds is 58. The smallest absolute Gasteiger partial charge is 0.462 e. The minimum absolute atomic E-state index is 0.0365. The van der Waals surface area contributed by atoms with Crippen molar-refractivity contribution in [3.63, 3.8) is 0 Å². The van der Waals surface area contributed by atoms with Crippen LogP contribution in [0.3, 0.4) is 0 Å². The third-order valence-electron chi connectivity index (χ3n) is 14.1. The molecule has 70 heavy (non-hydrogen) atoms. The highest BCUT2D eigenvalue weighted by atomic mass is 31.2. The predicted octanol–water partition coefficient (Wildman–Crippen LogP) is 19.0. The molecule has 0 saturated carbocycles. The molecule has 0 aromatic rings. The van der Waals surface area contributed by atoms with E-state index in [1.54, 1.807) is 0 Å². The molecular formula is C60H121NO8P+. The number of hydrogen-bond donors (Lipinski definition) is 1. The number of ether oxygens (including phenoxy) is 2. The first-order chi connectivity index (χ1) is 34.0. The number of likely N-dealkylation sites (N-methyl/N-ethyl adjacent to an activating group) is 1. The van der Waals surface area contributed by atoms with Crippen LogP contribution in [0.2, 0.25) is 0 Å². The maximum absolute atomic E-state index is 12.7. The number of esters is 2. The van der Waals surface area contributed by atoms with Crippen LogP contribution in [0.1, 0.15) is 322 Å². The van der Waals surface area contributed by atoms with Gasteiger partial charge in [-0.1, -0.05) is 296 Å². The largest absolute Gasteiger partial charge is 0.472 e. The van der Waals surface area contributed by atoms with Gasteiger partial charge in [-0.25, -0.2) is 4.57 Å². The highest BCUT2D eigenvalue weighted by Gasteiger charge is 2.27. The van der Waals surface area contributed by atoms with Gasteiger partial charge in [-0.05, 0) is 12.8 Å². The van der Waals surface area contributed by atoms with Crippen molar-refractivity contribution >= 4 is 19.8 Å². The lowest BCUT2D eigenvalue weighted by atomic mass is 10.0. The number of carbonyl (C=O) groups excluding carboxylic acids is 2. The van der Waals surface area contributed by atoms with Gasteiger partial charge in [0.2, 0.25) is 0 Å². The van der Waals surface area contributed by atoms with E-state index in [-0.39, 0.29) is 25.6 Å². The van der Waals surface area contributed by atoms with Crippen LogP contribution in [0.4, 0.5) is 0 Å². The van der Waals surface area contributed by atoms with E-state index < -0.39 is 26.5 Å². The van der Waals surface area contributed by atoms with E-state index in [0.29, 0.717) is 17.4 Å². The van der Waals surface area contributed by atoms with Crippen LogP contribution in [0.15, 0.2) is 0 Å². The van der Waals surface area contributed by atoms with Crippen molar-refractivity contribution < 1.29 is 42.1 Å². The first-order valence-corrected chi connectivity index (χ1v) is 32.3. The monoisotopic (exact) mass is 1010 g/mol. The van der Waals surface area contributed by atoms with Crippen molar-refractivity contribution in [3.8, 4) is 0 Å². The summed E-state index contributed by atoms with van der Waals surface area (Å²) < 4.78 is 34.3. The quantitative estimate of drug-likeness (QED) is 0.0278. The second kappa shape index (κ2) is 52.9. The normalized spacial score (nSPS) is 13.2. The van der Waals surface area contributed by atoms with Gasteiger partial charge < -0.3 is 18.9 Å². The third kappa shape index (κ3) is 56.3. The van der Waals surface area contributed by atoms with E-state index in [0.717, 1.165) is 38.5 Å². The van der Waals surface area contributed by atoms with E-state index in [4.69, 9.17) is 18.5 Å². The molecule has 1 N–H and O–H groups in total. The van der Waals surface area contributed by atoms with Crippen LogP contribution in [0.5, 0.6) is 0 Å². The Bertz CT molecular complexity index is 1150. The number of quaternary nitrogens is 1. The average Bonchev–Trinajstić information content (AvgIpc) is 3.32. The molecule has 0 heterocycles. The van der Waals surface area contributed by atoms with Crippen LogP contribution in [-0.2, 0) is 32.7 Å². The van der Waals surface area contributed by atoms with Crippen molar-refractivity contribution in [3.05, 3.63) is 0 Å². The summed E-state index contributed by atoms with van der Waals surface area (Å²) in [6.07, 6.45) is 61.3. The molecule has 0 aliphatic rings. The summed E-state index contributed by atoms with van der Waals surface area (Å²) in [5, 5.41) is 0. The summed E-state index contributed by atoms with van der Waals surface area (Å²) in [6, 6.07) is 0. The molecule has 0 radical (unpaired) electrons. The molecule has 0 amide bonds. The van der Waals surface area contributed by atoms with Gasteiger partial charge >= 0.3 is 19.8 Å². The van der Waals surface area contributed by atoms with Crippen LogP contribution in [0, 0.1) is 0 Å². The number of hydrogen-bond acceptors (Lipinski definition) is 7. The summed E-state index contributed by atoms with van der Waals surface area (Å²) in [5.41, 5.74) is 0. The fourth-order valence-corrected chi connectivity index (χ4v) is 10.1. The SMILES string of the molecule is CCCCCCCCCCCCCCCCCCCCCCCCCCCCCCCCCCCCCCCCCCC(=O)OC(COC(=O)CCCCCCCC)COP(=O)(O)OCC[N+](C)(C)C. The minimum Gasteiger partial charge on any atom is -0.462 e. The number of unbranched alkanes of at least 4 members (excludes halogenated alkanes) is 44. The number of carbonyl (C=O) groups is 2. The summed E-state index contributed by atoms with van der Waals surface area (Å²) in [7, 11) is 1.50. The van der Waals surface area contributed by atoms with Gasteiger partial charge in [0.15, 0.2) is 6.10 Å². The van der Waals surface area contributed by atoms with Gasteiger partial charge in [-0.3, -0.25) is 18.6 Å².